The van der Waals surface area contributed by atoms with Gasteiger partial charge in [-0.25, -0.2) is 4.79 Å². The minimum atomic E-state index is -0.411. The second kappa shape index (κ2) is 9.13. The summed E-state index contributed by atoms with van der Waals surface area (Å²) in [6.45, 7) is -0.0876. The molecule has 156 valence electrons. The predicted molar refractivity (Wildman–Crippen MR) is 110 cm³/mol. The van der Waals surface area contributed by atoms with E-state index in [-0.39, 0.29) is 36.3 Å². The Balaban J connectivity index is 1.37. The van der Waals surface area contributed by atoms with Crippen molar-refractivity contribution in [1.82, 2.24) is 0 Å². The van der Waals surface area contributed by atoms with E-state index in [1.807, 2.05) is 54.6 Å². The van der Waals surface area contributed by atoms with Gasteiger partial charge in [-0.2, -0.15) is 0 Å². The summed E-state index contributed by atoms with van der Waals surface area (Å²) in [7, 11) is 1.33. The van der Waals surface area contributed by atoms with E-state index in [0.29, 0.717) is 25.0 Å². The topological polar surface area (TPSA) is 71.1 Å². The molecule has 1 saturated carbocycles. The summed E-state index contributed by atoms with van der Waals surface area (Å²) in [6.07, 6.45) is 2.89. The molecule has 1 aliphatic heterocycles. The zero-order valence-corrected chi connectivity index (χ0v) is 16.8. The maximum atomic E-state index is 12.9. The van der Waals surface area contributed by atoms with Gasteiger partial charge in [-0.3, -0.25) is 4.79 Å². The molecule has 1 fully saturated rings. The minimum absolute atomic E-state index is 0.0511. The first-order valence-corrected chi connectivity index (χ1v) is 10.1. The molecule has 0 bridgehead atoms. The van der Waals surface area contributed by atoms with Crippen LogP contribution in [0, 0.1) is 5.92 Å². The van der Waals surface area contributed by atoms with Gasteiger partial charge in [0.2, 0.25) is 11.5 Å². The Hall–Kier alpha value is -3.12. The van der Waals surface area contributed by atoms with Crippen LogP contribution in [-0.4, -0.2) is 37.7 Å². The van der Waals surface area contributed by atoms with Crippen molar-refractivity contribution in [3.05, 3.63) is 66.6 Å². The van der Waals surface area contributed by atoms with Crippen LogP contribution in [0.5, 0.6) is 5.75 Å². The fourth-order valence-electron chi connectivity index (χ4n) is 3.88. The van der Waals surface area contributed by atoms with E-state index in [9.17, 15) is 9.59 Å². The number of benzene rings is 2. The van der Waals surface area contributed by atoms with Crippen molar-refractivity contribution < 1.29 is 28.5 Å². The smallest absolute Gasteiger partial charge is 0.331 e. The number of fused-ring (bicyclic) bond motifs is 1. The Kier molecular flexibility index (Phi) is 6.14. The molecule has 0 aromatic heterocycles. The summed E-state index contributed by atoms with van der Waals surface area (Å²) in [4.78, 5) is 24.1. The fraction of sp³-hybridized carbons (Fsp3) is 0.333. The first-order chi connectivity index (χ1) is 14.6. The van der Waals surface area contributed by atoms with E-state index in [1.165, 1.54) is 13.4 Å². The van der Waals surface area contributed by atoms with Crippen molar-refractivity contribution >= 4 is 11.8 Å². The molecule has 0 spiro atoms. The lowest BCUT2D eigenvalue weighted by atomic mass is 9.80. The van der Waals surface area contributed by atoms with Crippen LogP contribution < -0.4 is 4.74 Å². The summed E-state index contributed by atoms with van der Waals surface area (Å²) >= 11 is 0. The van der Waals surface area contributed by atoms with Crippen LogP contribution >= 0.6 is 0 Å². The maximum absolute atomic E-state index is 12.9. The number of rotatable bonds is 6. The zero-order chi connectivity index (χ0) is 20.9. The van der Waals surface area contributed by atoms with Crippen molar-refractivity contribution in [3.8, 4) is 16.9 Å². The Morgan fingerprint density at radius 3 is 2.50 bits per heavy atom. The van der Waals surface area contributed by atoms with Crippen molar-refractivity contribution in [1.29, 1.82) is 0 Å². The number of allylic oxidation sites excluding steroid dienone is 1. The third-order valence-corrected chi connectivity index (χ3v) is 5.53. The van der Waals surface area contributed by atoms with E-state index in [1.54, 1.807) is 0 Å². The molecule has 6 heteroatoms. The summed E-state index contributed by atoms with van der Waals surface area (Å²) in [5.74, 6) is 0.0899. The summed E-state index contributed by atoms with van der Waals surface area (Å²) in [5, 5.41) is 0. The summed E-state index contributed by atoms with van der Waals surface area (Å²) in [6, 6.07) is 17.7. The molecule has 1 heterocycles. The third-order valence-electron chi connectivity index (χ3n) is 5.53. The van der Waals surface area contributed by atoms with Gasteiger partial charge in [0.25, 0.3) is 0 Å². The molecular formula is C24H24O6. The maximum Gasteiger partial charge on any atom is 0.331 e. The second-order valence-electron chi connectivity index (χ2n) is 7.44. The van der Waals surface area contributed by atoms with Gasteiger partial charge in [0.05, 0.1) is 19.1 Å². The number of ketones is 1. The molecular weight excluding hydrogens is 384 g/mol. The van der Waals surface area contributed by atoms with E-state index < -0.39 is 5.97 Å². The van der Waals surface area contributed by atoms with E-state index >= 15 is 0 Å². The molecule has 0 saturated heterocycles. The van der Waals surface area contributed by atoms with Gasteiger partial charge in [-0.15, -0.1) is 0 Å². The van der Waals surface area contributed by atoms with Crippen molar-refractivity contribution in [2.75, 3.05) is 13.7 Å². The molecule has 3 atom stereocenters. The normalized spacial score (nSPS) is 23.0. The molecule has 1 aliphatic carbocycles. The van der Waals surface area contributed by atoms with Crippen molar-refractivity contribution in [2.45, 2.75) is 31.5 Å². The highest BCUT2D eigenvalue weighted by atomic mass is 16.6. The molecule has 6 nitrogen and oxygen atoms in total. The van der Waals surface area contributed by atoms with E-state index in [0.717, 1.165) is 11.1 Å². The number of Topliss-reactive ketones (excluding diaryl/α,β-unsaturated/α-hetero) is 1. The predicted octanol–water partition coefficient (Wildman–Crippen LogP) is 3.90. The Morgan fingerprint density at radius 2 is 1.77 bits per heavy atom. The number of carbonyl (C=O) groups excluding carboxylic acids is 2. The molecule has 0 N–H and O–H groups in total. The monoisotopic (exact) mass is 408 g/mol. The lowest BCUT2D eigenvalue weighted by Crippen LogP contribution is -2.42. The molecule has 0 amide bonds. The van der Waals surface area contributed by atoms with Crippen molar-refractivity contribution in [2.24, 2.45) is 5.92 Å². The van der Waals surface area contributed by atoms with Gasteiger partial charge >= 0.3 is 5.97 Å². The highest BCUT2D eigenvalue weighted by Crippen LogP contribution is 2.35. The van der Waals surface area contributed by atoms with Gasteiger partial charge in [-0.1, -0.05) is 42.5 Å². The molecule has 3 unspecified atom stereocenters. The number of methoxy groups -OCH3 is 1. The first-order valence-electron chi connectivity index (χ1n) is 10.1. The Bertz CT molecular complexity index is 918. The van der Waals surface area contributed by atoms with Gasteiger partial charge in [0.1, 0.15) is 24.7 Å². The van der Waals surface area contributed by atoms with Crippen LogP contribution in [0.2, 0.25) is 0 Å². The highest BCUT2D eigenvalue weighted by molar-refractivity contribution is 5.96. The minimum Gasteiger partial charge on any atom is -0.493 e. The highest BCUT2D eigenvalue weighted by Gasteiger charge is 2.41. The zero-order valence-electron chi connectivity index (χ0n) is 16.8. The average molecular weight is 408 g/mol. The second-order valence-corrected chi connectivity index (χ2v) is 7.44. The van der Waals surface area contributed by atoms with Crippen molar-refractivity contribution in [3.63, 3.8) is 0 Å². The average Bonchev–Trinajstić information content (AvgIpc) is 2.80. The quantitative estimate of drug-likeness (QED) is 0.675. The van der Waals surface area contributed by atoms with Crippen LogP contribution in [0.4, 0.5) is 0 Å². The van der Waals surface area contributed by atoms with E-state index in [2.05, 4.69) is 4.74 Å². The first kappa shape index (κ1) is 20.2. The Labute approximate surface area is 175 Å². The number of esters is 1. The molecule has 0 radical (unpaired) electrons. The molecule has 4 rings (SSSR count). The van der Waals surface area contributed by atoms with Crippen LogP contribution in [0.15, 0.2) is 66.6 Å². The largest absolute Gasteiger partial charge is 0.493 e. The lowest BCUT2D eigenvalue weighted by Gasteiger charge is -2.36. The standard InChI is InChI=1S/C24H24O6/c1-27-23(25)15-28-19-11-12-20-21(13-19)29-14-22(24(20)26)30-18-9-7-17(8-10-18)16-5-3-2-4-6-16/h2-10,14,19-21H,11-13,15H2,1H3. The van der Waals surface area contributed by atoms with Crippen LogP contribution in [0.1, 0.15) is 19.3 Å². The Morgan fingerprint density at radius 1 is 1.03 bits per heavy atom. The molecule has 2 aliphatic rings. The summed E-state index contributed by atoms with van der Waals surface area (Å²) < 4.78 is 21.8. The number of ether oxygens (including phenoxy) is 4. The van der Waals surface area contributed by atoms with Gasteiger partial charge in [0.15, 0.2) is 0 Å². The SMILES string of the molecule is COC(=O)COC1CCC2C(=O)C(Oc3ccc(-c4ccccc4)cc3)=COC2C1. The fourth-order valence-corrected chi connectivity index (χ4v) is 3.88. The van der Waals surface area contributed by atoms with Crippen LogP contribution in [-0.2, 0) is 23.8 Å². The van der Waals surface area contributed by atoms with Gasteiger partial charge in [-0.05, 0) is 36.1 Å². The van der Waals surface area contributed by atoms with Gasteiger partial charge < -0.3 is 18.9 Å². The number of hydrogen-bond acceptors (Lipinski definition) is 6. The van der Waals surface area contributed by atoms with Crippen LogP contribution in [0.3, 0.4) is 0 Å². The number of hydrogen-bond donors (Lipinski definition) is 0. The molecule has 30 heavy (non-hydrogen) atoms. The van der Waals surface area contributed by atoms with Gasteiger partial charge in [0, 0.05) is 6.42 Å². The molecule has 2 aromatic rings. The number of carbonyl (C=O) groups is 2. The van der Waals surface area contributed by atoms with E-state index in [4.69, 9.17) is 14.2 Å². The summed E-state index contributed by atoms with van der Waals surface area (Å²) in [5.41, 5.74) is 2.20. The molecule has 2 aromatic carbocycles. The van der Waals surface area contributed by atoms with Crippen LogP contribution in [0.25, 0.3) is 11.1 Å². The lowest BCUT2D eigenvalue weighted by molar-refractivity contribution is -0.152. The third kappa shape index (κ3) is 4.54.